The fraction of sp³-hybridized carbons (Fsp3) is 0.286. The van der Waals surface area contributed by atoms with Crippen LogP contribution >= 0.6 is 34.7 Å². The SMILES string of the molecule is CCOC(=O)c1ccc(NC(=O)Cn2c3c(sc2=O)C(c2ccc(N(CC)CC)cc2)C2C(=O)N(c4ccc(Cl)cc4)C(=O)C2S3)cc1. The van der Waals surface area contributed by atoms with Crippen LogP contribution in [-0.2, 0) is 25.7 Å². The van der Waals surface area contributed by atoms with Crippen molar-refractivity contribution in [3.8, 4) is 0 Å². The zero-order chi connectivity index (χ0) is 34.1. The van der Waals surface area contributed by atoms with Crippen LogP contribution in [-0.4, -0.2) is 53.2 Å². The van der Waals surface area contributed by atoms with E-state index in [1.54, 1.807) is 55.5 Å². The van der Waals surface area contributed by atoms with Crippen LogP contribution in [0.5, 0.6) is 0 Å². The smallest absolute Gasteiger partial charge is 0.338 e. The van der Waals surface area contributed by atoms with Crippen molar-refractivity contribution in [2.24, 2.45) is 5.92 Å². The summed E-state index contributed by atoms with van der Waals surface area (Å²) < 4.78 is 6.39. The number of thioether (sulfide) groups is 1. The first-order chi connectivity index (χ1) is 23.1. The van der Waals surface area contributed by atoms with E-state index in [1.165, 1.54) is 9.47 Å². The average Bonchev–Trinajstić information content (AvgIpc) is 3.52. The second-order valence-corrected chi connectivity index (χ2v) is 13.8. The summed E-state index contributed by atoms with van der Waals surface area (Å²) in [6.45, 7) is 7.48. The highest BCUT2D eigenvalue weighted by molar-refractivity contribution is 8.00. The number of carbonyl (C=O) groups is 4. The molecule has 1 saturated heterocycles. The van der Waals surface area contributed by atoms with Gasteiger partial charge in [-0.15, -0.1) is 0 Å². The number of esters is 1. The standard InChI is InChI=1S/C35H33ClN4O6S2/c1-4-38(5-2)24-15-9-20(10-16-24)27-28-29(32(43)40(31(28)42)25-17-11-22(36)12-18-25)47-33-30(27)48-35(45)39(33)19-26(41)37-23-13-7-21(8-14-23)34(44)46-6-3/h7-18,27-29H,4-6,19H2,1-3H3,(H,37,41). The molecular weight excluding hydrogens is 672 g/mol. The van der Waals surface area contributed by atoms with Gasteiger partial charge in [-0.05, 0) is 87.0 Å². The Balaban J connectivity index is 1.35. The van der Waals surface area contributed by atoms with Gasteiger partial charge in [0.05, 0.1) is 28.8 Å². The molecule has 248 valence electrons. The number of hydrogen-bond donors (Lipinski definition) is 1. The molecule has 0 spiro atoms. The molecule has 0 bridgehead atoms. The third-order valence-corrected chi connectivity index (χ3v) is 11.4. The van der Waals surface area contributed by atoms with Gasteiger partial charge in [-0.1, -0.05) is 46.8 Å². The molecule has 2 aliphatic heterocycles. The number of nitrogens with one attached hydrogen (secondary N) is 1. The van der Waals surface area contributed by atoms with Crippen LogP contribution in [0.4, 0.5) is 17.1 Å². The van der Waals surface area contributed by atoms with Crippen LogP contribution in [0.15, 0.2) is 82.6 Å². The first kappa shape index (κ1) is 33.5. The summed E-state index contributed by atoms with van der Waals surface area (Å²) in [5.41, 5.74) is 3.05. The van der Waals surface area contributed by atoms with Gasteiger partial charge in [-0.25, -0.2) is 9.69 Å². The second kappa shape index (κ2) is 14.0. The molecule has 2 aliphatic rings. The molecule has 0 radical (unpaired) electrons. The summed E-state index contributed by atoms with van der Waals surface area (Å²) in [4.78, 5) is 70.6. The van der Waals surface area contributed by atoms with Crippen molar-refractivity contribution < 1.29 is 23.9 Å². The molecule has 3 aromatic carbocycles. The Morgan fingerprint density at radius 3 is 2.19 bits per heavy atom. The molecule has 1 N–H and O–H groups in total. The van der Waals surface area contributed by atoms with Gasteiger partial charge in [0.1, 0.15) is 11.8 Å². The Kier molecular flexibility index (Phi) is 9.77. The second-order valence-electron chi connectivity index (χ2n) is 11.3. The van der Waals surface area contributed by atoms with E-state index in [-0.39, 0.29) is 29.8 Å². The van der Waals surface area contributed by atoms with Crippen molar-refractivity contribution in [3.05, 3.63) is 103 Å². The van der Waals surface area contributed by atoms with Crippen LogP contribution in [0.25, 0.3) is 0 Å². The van der Waals surface area contributed by atoms with E-state index in [2.05, 4.69) is 24.1 Å². The lowest BCUT2D eigenvalue weighted by Gasteiger charge is -2.31. The maximum Gasteiger partial charge on any atom is 0.338 e. The first-order valence-corrected chi connectivity index (χ1v) is 17.7. The number of rotatable bonds is 10. The maximum atomic E-state index is 14.1. The fourth-order valence-electron chi connectivity index (χ4n) is 6.19. The predicted octanol–water partition coefficient (Wildman–Crippen LogP) is 6.02. The number of fused-ring (bicyclic) bond motifs is 2. The van der Waals surface area contributed by atoms with E-state index in [9.17, 15) is 24.0 Å². The quantitative estimate of drug-likeness (QED) is 0.157. The average molecular weight is 705 g/mol. The van der Waals surface area contributed by atoms with Gasteiger partial charge in [0.2, 0.25) is 17.7 Å². The molecule has 3 heterocycles. The molecule has 4 aromatic rings. The number of anilines is 3. The topological polar surface area (TPSA) is 118 Å². The lowest BCUT2D eigenvalue weighted by molar-refractivity contribution is -0.122. The number of ether oxygens (including phenoxy) is 1. The highest BCUT2D eigenvalue weighted by Crippen LogP contribution is 2.54. The number of halogens is 1. The normalized spacial score (nSPS) is 18.3. The zero-order valence-corrected chi connectivity index (χ0v) is 28.9. The zero-order valence-electron chi connectivity index (χ0n) is 26.5. The van der Waals surface area contributed by atoms with Gasteiger partial charge in [0.25, 0.3) is 0 Å². The summed E-state index contributed by atoms with van der Waals surface area (Å²) >= 11 is 8.25. The minimum atomic E-state index is -0.813. The van der Waals surface area contributed by atoms with Gasteiger partial charge in [0.15, 0.2) is 0 Å². The van der Waals surface area contributed by atoms with Crippen LogP contribution in [0.2, 0.25) is 5.02 Å². The highest BCUT2D eigenvalue weighted by atomic mass is 35.5. The third-order valence-electron chi connectivity index (χ3n) is 8.50. The number of imide groups is 1. The van der Waals surface area contributed by atoms with Crippen LogP contribution in [0.3, 0.4) is 0 Å². The largest absolute Gasteiger partial charge is 0.462 e. The molecule has 6 rings (SSSR count). The molecule has 48 heavy (non-hydrogen) atoms. The van der Waals surface area contributed by atoms with Crippen molar-refractivity contribution >= 4 is 75.5 Å². The number of nitrogens with zero attached hydrogens (tertiary/aromatic N) is 3. The van der Waals surface area contributed by atoms with Gasteiger partial charge >= 0.3 is 10.8 Å². The van der Waals surface area contributed by atoms with Crippen LogP contribution < -0.4 is 20.0 Å². The molecular formula is C35H33ClN4O6S2. The van der Waals surface area contributed by atoms with Crippen molar-refractivity contribution in [3.63, 3.8) is 0 Å². The van der Waals surface area contributed by atoms with E-state index in [1.807, 2.05) is 24.3 Å². The number of aromatic nitrogens is 1. The summed E-state index contributed by atoms with van der Waals surface area (Å²) in [5, 5.41) is 2.94. The molecule has 3 unspecified atom stereocenters. The van der Waals surface area contributed by atoms with Gasteiger partial charge in [-0.3, -0.25) is 23.7 Å². The van der Waals surface area contributed by atoms with E-state index in [0.29, 0.717) is 31.9 Å². The van der Waals surface area contributed by atoms with Crippen molar-refractivity contribution in [2.45, 2.75) is 43.5 Å². The number of thiazole rings is 1. The maximum absolute atomic E-state index is 14.1. The molecule has 1 fully saturated rings. The molecule has 10 nitrogen and oxygen atoms in total. The van der Waals surface area contributed by atoms with Gasteiger partial charge < -0.3 is 15.0 Å². The number of hydrogen-bond acceptors (Lipinski definition) is 9. The lowest BCUT2D eigenvalue weighted by Crippen LogP contribution is -2.33. The number of amides is 3. The summed E-state index contributed by atoms with van der Waals surface area (Å²) in [6.07, 6.45) is 0. The van der Waals surface area contributed by atoms with Gasteiger partial charge in [-0.2, -0.15) is 0 Å². The Hall–Kier alpha value is -4.39. The molecule has 13 heteroatoms. The van der Waals surface area contributed by atoms with E-state index in [0.717, 1.165) is 47.4 Å². The molecule has 1 aromatic heterocycles. The molecule has 0 aliphatic carbocycles. The monoisotopic (exact) mass is 704 g/mol. The van der Waals surface area contributed by atoms with Crippen LogP contribution in [0, 0.1) is 5.92 Å². The molecule has 3 atom stereocenters. The first-order valence-electron chi connectivity index (χ1n) is 15.6. The van der Waals surface area contributed by atoms with Crippen molar-refractivity contribution in [1.82, 2.24) is 4.57 Å². The molecule has 0 saturated carbocycles. The predicted molar refractivity (Wildman–Crippen MR) is 189 cm³/mol. The highest BCUT2D eigenvalue weighted by Gasteiger charge is 2.56. The Labute approximate surface area is 290 Å². The summed E-state index contributed by atoms with van der Waals surface area (Å²) in [6, 6.07) is 20.7. The minimum absolute atomic E-state index is 0.248. The Morgan fingerprint density at radius 2 is 1.56 bits per heavy atom. The molecule has 3 amide bonds. The Bertz CT molecular complexity index is 1920. The Morgan fingerprint density at radius 1 is 0.896 bits per heavy atom. The lowest BCUT2D eigenvalue weighted by atomic mass is 9.83. The number of carbonyl (C=O) groups excluding carboxylic acids is 4. The summed E-state index contributed by atoms with van der Waals surface area (Å²) in [7, 11) is 0. The van der Waals surface area contributed by atoms with E-state index >= 15 is 0 Å². The van der Waals surface area contributed by atoms with Gasteiger partial charge in [0, 0.05) is 40.3 Å². The van der Waals surface area contributed by atoms with Crippen molar-refractivity contribution in [2.75, 3.05) is 34.8 Å². The fourth-order valence-corrected chi connectivity index (χ4v) is 9.09. The summed E-state index contributed by atoms with van der Waals surface area (Å²) in [5.74, 6) is -3.00. The minimum Gasteiger partial charge on any atom is -0.462 e. The number of benzene rings is 3. The van der Waals surface area contributed by atoms with E-state index < -0.39 is 29.0 Å². The van der Waals surface area contributed by atoms with E-state index in [4.69, 9.17) is 16.3 Å². The third kappa shape index (κ3) is 6.27. The van der Waals surface area contributed by atoms with Crippen molar-refractivity contribution in [1.29, 1.82) is 0 Å². The van der Waals surface area contributed by atoms with Crippen LogP contribution in [0.1, 0.15) is 47.5 Å².